The molecular weight excluding hydrogens is 294 g/mol. The van der Waals surface area contributed by atoms with E-state index in [9.17, 15) is 4.79 Å². The molecule has 23 heavy (non-hydrogen) atoms. The quantitative estimate of drug-likeness (QED) is 0.753. The van der Waals surface area contributed by atoms with Crippen molar-refractivity contribution in [3.63, 3.8) is 0 Å². The van der Waals surface area contributed by atoms with Gasteiger partial charge in [0.2, 0.25) is 5.82 Å². The van der Waals surface area contributed by atoms with Crippen molar-refractivity contribution in [3.05, 3.63) is 54.0 Å². The van der Waals surface area contributed by atoms with E-state index >= 15 is 0 Å². The predicted molar refractivity (Wildman–Crippen MR) is 86.0 cm³/mol. The van der Waals surface area contributed by atoms with Crippen LogP contribution in [0.4, 0.5) is 5.69 Å². The van der Waals surface area contributed by atoms with Crippen LogP contribution < -0.4 is 10.2 Å². The smallest absolute Gasteiger partial charge is 0.251 e. The predicted octanol–water partition coefficient (Wildman–Crippen LogP) is 2.06. The third kappa shape index (κ3) is 3.39. The van der Waals surface area contributed by atoms with E-state index in [1.165, 1.54) is 0 Å². The van der Waals surface area contributed by atoms with Gasteiger partial charge in [0, 0.05) is 25.3 Å². The highest BCUT2D eigenvalue weighted by molar-refractivity contribution is 5.94. The fraction of sp³-hybridized carbons (Fsp3) is 0.188. The summed E-state index contributed by atoms with van der Waals surface area (Å²) >= 11 is 0. The van der Waals surface area contributed by atoms with Crippen molar-refractivity contribution in [2.24, 2.45) is 0 Å². The van der Waals surface area contributed by atoms with Gasteiger partial charge in [0.05, 0.1) is 12.8 Å². The Bertz CT molecular complexity index is 775. The highest BCUT2D eigenvalue weighted by Crippen LogP contribution is 2.14. The lowest BCUT2D eigenvalue weighted by Gasteiger charge is -2.12. The normalized spacial score (nSPS) is 10.5. The molecule has 0 aliphatic carbocycles. The number of rotatable bonds is 5. The molecule has 0 fully saturated rings. The highest BCUT2D eigenvalue weighted by Gasteiger charge is 2.10. The molecule has 3 rings (SSSR count). The summed E-state index contributed by atoms with van der Waals surface area (Å²) < 4.78 is 5.22. The van der Waals surface area contributed by atoms with Gasteiger partial charge in [-0.2, -0.15) is 0 Å². The molecule has 0 saturated heterocycles. The molecule has 1 aromatic carbocycles. The number of anilines is 1. The number of aromatic nitrogens is 3. The number of nitrogens with one attached hydrogen (secondary N) is 2. The van der Waals surface area contributed by atoms with E-state index in [1.807, 2.05) is 31.1 Å². The number of nitrogens with zero attached hydrogens (tertiary/aromatic N) is 3. The highest BCUT2D eigenvalue weighted by atomic mass is 16.3. The molecule has 0 atom stereocenters. The Balaban J connectivity index is 1.60. The Hall–Kier alpha value is -3.09. The fourth-order valence-corrected chi connectivity index (χ4v) is 2.07. The topological polar surface area (TPSA) is 87.1 Å². The van der Waals surface area contributed by atoms with E-state index in [0.29, 0.717) is 23.0 Å². The maximum atomic E-state index is 12.1. The lowest BCUT2D eigenvalue weighted by Crippen LogP contribution is -2.23. The Morgan fingerprint density at radius 3 is 2.70 bits per heavy atom. The number of H-pyrrole nitrogens is 1. The van der Waals surface area contributed by atoms with Gasteiger partial charge >= 0.3 is 0 Å². The number of hydrogen-bond donors (Lipinski definition) is 2. The number of carbonyl (C=O) groups is 1. The first-order valence-corrected chi connectivity index (χ1v) is 7.14. The maximum absolute atomic E-state index is 12.1. The largest absolute Gasteiger partial charge is 0.461 e. The molecule has 0 aliphatic rings. The van der Waals surface area contributed by atoms with Crippen molar-refractivity contribution < 1.29 is 9.21 Å². The summed E-state index contributed by atoms with van der Waals surface area (Å²) in [6.45, 7) is 0.266. The van der Waals surface area contributed by atoms with E-state index < -0.39 is 0 Å². The Kier molecular flexibility index (Phi) is 4.09. The number of hydrogen-bond acceptors (Lipinski definition) is 5. The molecule has 2 aromatic heterocycles. The molecule has 7 nitrogen and oxygen atoms in total. The van der Waals surface area contributed by atoms with Crippen LogP contribution in [0.3, 0.4) is 0 Å². The van der Waals surface area contributed by atoms with Crippen LogP contribution in [0.2, 0.25) is 0 Å². The molecule has 0 saturated carbocycles. The summed E-state index contributed by atoms with van der Waals surface area (Å²) in [7, 11) is 3.91. The van der Waals surface area contributed by atoms with Gasteiger partial charge in [-0.1, -0.05) is 0 Å². The van der Waals surface area contributed by atoms with Crippen LogP contribution in [0.1, 0.15) is 16.2 Å². The van der Waals surface area contributed by atoms with Crippen molar-refractivity contribution in [1.29, 1.82) is 0 Å². The monoisotopic (exact) mass is 311 g/mol. The molecule has 0 aliphatic heterocycles. The molecule has 1 amide bonds. The molecular formula is C16H17N5O2. The number of furan rings is 1. The first-order valence-electron chi connectivity index (χ1n) is 7.14. The van der Waals surface area contributed by atoms with E-state index in [1.54, 1.807) is 30.5 Å². The summed E-state index contributed by atoms with van der Waals surface area (Å²) in [5.41, 5.74) is 1.64. The Morgan fingerprint density at radius 2 is 2.04 bits per heavy atom. The minimum absolute atomic E-state index is 0.161. The van der Waals surface area contributed by atoms with Crippen molar-refractivity contribution in [2.75, 3.05) is 19.0 Å². The zero-order valence-corrected chi connectivity index (χ0v) is 12.9. The van der Waals surface area contributed by atoms with Crippen LogP contribution in [-0.2, 0) is 6.54 Å². The van der Waals surface area contributed by atoms with E-state index in [0.717, 1.165) is 5.69 Å². The van der Waals surface area contributed by atoms with Gasteiger partial charge < -0.3 is 14.6 Å². The van der Waals surface area contributed by atoms with Gasteiger partial charge in [-0.05, 0) is 36.4 Å². The van der Waals surface area contributed by atoms with Gasteiger partial charge in [-0.25, -0.2) is 4.98 Å². The van der Waals surface area contributed by atoms with Crippen LogP contribution in [-0.4, -0.2) is 35.2 Å². The fourth-order valence-electron chi connectivity index (χ4n) is 2.07. The third-order valence-electron chi connectivity index (χ3n) is 3.34. The summed E-state index contributed by atoms with van der Waals surface area (Å²) in [5.74, 6) is 1.45. The van der Waals surface area contributed by atoms with Gasteiger partial charge in [-0.3, -0.25) is 9.89 Å². The van der Waals surface area contributed by atoms with Gasteiger partial charge in [0.1, 0.15) is 5.82 Å². The van der Waals surface area contributed by atoms with Crippen LogP contribution in [0.25, 0.3) is 11.6 Å². The lowest BCUT2D eigenvalue weighted by atomic mass is 10.2. The minimum atomic E-state index is -0.161. The van der Waals surface area contributed by atoms with Crippen LogP contribution >= 0.6 is 0 Å². The molecule has 2 heterocycles. The SMILES string of the molecule is CN(C)c1ccc(C(=O)NCc2nc(-c3ccco3)n[nH]2)cc1. The third-order valence-corrected chi connectivity index (χ3v) is 3.34. The zero-order valence-electron chi connectivity index (χ0n) is 12.9. The second kappa shape index (κ2) is 6.35. The van der Waals surface area contributed by atoms with Crippen molar-refractivity contribution in [1.82, 2.24) is 20.5 Å². The Labute approximate surface area is 133 Å². The molecule has 2 N–H and O–H groups in total. The van der Waals surface area contributed by atoms with Gasteiger partial charge in [-0.15, -0.1) is 5.10 Å². The number of carbonyl (C=O) groups excluding carboxylic acids is 1. The summed E-state index contributed by atoms with van der Waals surface area (Å²) in [4.78, 5) is 18.4. The van der Waals surface area contributed by atoms with Crippen LogP contribution in [0.15, 0.2) is 47.1 Å². The van der Waals surface area contributed by atoms with Crippen molar-refractivity contribution >= 4 is 11.6 Å². The second-order valence-electron chi connectivity index (χ2n) is 5.21. The van der Waals surface area contributed by atoms with E-state index in [4.69, 9.17) is 4.42 Å². The van der Waals surface area contributed by atoms with E-state index in [-0.39, 0.29) is 12.5 Å². The van der Waals surface area contributed by atoms with Crippen LogP contribution in [0, 0.1) is 0 Å². The molecule has 0 unspecified atom stereocenters. The molecule has 3 aromatic rings. The summed E-state index contributed by atoms with van der Waals surface area (Å²) in [6.07, 6.45) is 1.56. The number of benzene rings is 1. The van der Waals surface area contributed by atoms with Gasteiger partial charge in [0.15, 0.2) is 5.76 Å². The first kappa shape index (κ1) is 14.8. The zero-order chi connectivity index (χ0) is 16.2. The number of aromatic amines is 1. The van der Waals surface area contributed by atoms with Crippen molar-refractivity contribution in [3.8, 4) is 11.6 Å². The van der Waals surface area contributed by atoms with E-state index in [2.05, 4.69) is 20.5 Å². The standard InChI is InChI=1S/C16H17N5O2/c1-21(2)12-7-5-11(6-8-12)16(22)17-10-14-18-15(20-19-14)13-4-3-9-23-13/h3-9H,10H2,1-2H3,(H,17,22)(H,18,19,20). The molecule has 0 spiro atoms. The summed E-state index contributed by atoms with van der Waals surface area (Å²) in [6, 6.07) is 10.9. The average molecular weight is 311 g/mol. The van der Waals surface area contributed by atoms with Gasteiger partial charge in [0.25, 0.3) is 5.91 Å². The maximum Gasteiger partial charge on any atom is 0.251 e. The minimum Gasteiger partial charge on any atom is -0.461 e. The second-order valence-corrected chi connectivity index (χ2v) is 5.21. The average Bonchev–Trinajstić information content (AvgIpc) is 3.23. The number of amides is 1. The molecule has 7 heteroatoms. The van der Waals surface area contributed by atoms with Crippen LogP contribution in [0.5, 0.6) is 0 Å². The molecule has 0 bridgehead atoms. The first-order chi connectivity index (χ1) is 11.1. The summed E-state index contributed by atoms with van der Waals surface area (Å²) in [5, 5.41) is 9.64. The molecule has 118 valence electrons. The van der Waals surface area contributed by atoms with Crippen molar-refractivity contribution in [2.45, 2.75) is 6.54 Å². The lowest BCUT2D eigenvalue weighted by molar-refractivity contribution is 0.0950. The molecule has 0 radical (unpaired) electrons. The Morgan fingerprint density at radius 1 is 1.26 bits per heavy atom.